The summed E-state index contributed by atoms with van der Waals surface area (Å²) in [5.41, 5.74) is 1.82. The van der Waals surface area contributed by atoms with E-state index in [2.05, 4.69) is 10.2 Å². The van der Waals surface area contributed by atoms with Gasteiger partial charge in [-0.05, 0) is 23.8 Å². The van der Waals surface area contributed by atoms with E-state index in [1.165, 1.54) is 6.07 Å². The SMILES string of the molecule is O=C(Nc1cc(N2CCOCC2)ccc1F)OCc1ccccc1. The lowest BCUT2D eigenvalue weighted by molar-refractivity contribution is 0.122. The lowest BCUT2D eigenvalue weighted by Gasteiger charge is -2.29. The van der Waals surface area contributed by atoms with E-state index in [9.17, 15) is 9.18 Å². The highest BCUT2D eigenvalue weighted by Crippen LogP contribution is 2.23. The molecule has 1 aliphatic rings. The minimum Gasteiger partial charge on any atom is -0.444 e. The second-order valence-corrected chi connectivity index (χ2v) is 5.45. The Bertz CT molecular complexity index is 688. The maximum atomic E-state index is 13.9. The van der Waals surface area contributed by atoms with Gasteiger partial charge in [0, 0.05) is 18.8 Å². The molecule has 1 fully saturated rings. The van der Waals surface area contributed by atoms with E-state index in [1.54, 1.807) is 12.1 Å². The van der Waals surface area contributed by atoms with Gasteiger partial charge in [0.25, 0.3) is 0 Å². The van der Waals surface area contributed by atoms with Crippen molar-refractivity contribution in [2.24, 2.45) is 0 Å². The summed E-state index contributed by atoms with van der Waals surface area (Å²) in [4.78, 5) is 14.0. The van der Waals surface area contributed by atoms with E-state index < -0.39 is 11.9 Å². The van der Waals surface area contributed by atoms with Gasteiger partial charge in [-0.2, -0.15) is 0 Å². The Balaban J connectivity index is 1.62. The normalized spacial score (nSPS) is 14.3. The van der Waals surface area contributed by atoms with Gasteiger partial charge in [-0.15, -0.1) is 0 Å². The molecule has 0 bridgehead atoms. The summed E-state index contributed by atoms with van der Waals surface area (Å²) in [6, 6.07) is 14.0. The molecule has 126 valence electrons. The number of hydrogen-bond acceptors (Lipinski definition) is 4. The summed E-state index contributed by atoms with van der Waals surface area (Å²) in [5.74, 6) is -0.497. The summed E-state index contributed by atoms with van der Waals surface area (Å²) in [7, 11) is 0. The standard InChI is InChI=1S/C18H19FN2O3/c19-16-7-6-15(21-8-10-23-11-9-21)12-17(16)20-18(22)24-13-14-4-2-1-3-5-14/h1-7,12H,8-11,13H2,(H,20,22). The highest BCUT2D eigenvalue weighted by molar-refractivity contribution is 5.85. The molecular formula is C18H19FN2O3. The Kier molecular flexibility index (Phi) is 5.28. The van der Waals surface area contributed by atoms with Crippen molar-refractivity contribution < 1.29 is 18.7 Å². The maximum absolute atomic E-state index is 13.9. The predicted molar refractivity (Wildman–Crippen MR) is 89.7 cm³/mol. The summed E-state index contributed by atoms with van der Waals surface area (Å²) >= 11 is 0. The first-order chi connectivity index (χ1) is 11.7. The average Bonchev–Trinajstić information content (AvgIpc) is 2.63. The zero-order valence-corrected chi connectivity index (χ0v) is 13.2. The van der Waals surface area contributed by atoms with Crippen molar-refractivity contribution in [1.29, 1.82) is 0 Å². The van der Waals surface area contributed by atoms with Crippen molar-refractivity contribution in [3.8, 4) is 0 Å². The zero-order chi connectivity index (χ0) is 16.8. The Morgan fingerprint density at radius 3 is 2.67 bits per heavy atom. The highest BCUT2D eigenvalue weighted by atomic mass is 19.1. The molecule has 0 spiro atoms. The first-order valence-corrected chi connectivity index (χ1v) is 7.82. The Hall–Kier alpha value is -2.60. The second-order valence-electron chi connectivity index (χ2n) is 5.45. The number of benzene rings is 2. The van der Waals surface area contributed by atoms with Crippen LogP contribution in [0.3, 0.4) is 0 Å². The molecule has 6 heteroatoms. The van der Waals surface area contributed by atoms with Gasteiger partial charge >= 0.3 is 6.09 Å². The van der Waals surface area contributed by atoms with Gasteiger partial charge < -0.3 is 14.4 Å². The molecule has 1 heterocycles. The molecule has 0 atom stereocenters. The van der Waals surface area contributed by atoms with Gasteiger partial charge in [-0.1, -0.05) is 30.3 Å². The fourth-order valence-corrected chi connectivity index (χ4v) is 2.50. The molecule has 0 aliphatic carbocycles. The van der Waals surface area contributed by atoms with Crippen LogP contribution >= 0.6 is 0 Å². The maximum Gasteiger partial charge on any atom is 0.412 e. The van der Waals surface area contributed by atoms with Crippen molar-refractivity contribution in [2.45, 2.75) is 6.61 Å². The van der Waals surface area contributed by atoms with Gasteiger partial charge in [-0.25, -0.2) is 9.18 Å². The molecular weight excluding hydrogens is 311 g/mol. The van der Waals surface area contributed by atoms with Gasteiger partial charge in [0.1, 0.15) is 12.4 Å². The number of amides is 1. The van der Waals surface area contributed by atoms with Crippen molar-refractivity contribution >= 4 is 17.5 Å². The third-order valence-corrected chi connectivity index (χ3v) is 3.78. The van der Waals surface area contributed by atoms with Crippen LogP contribution in [-0.4, -0.2) is 32.4 Å². The molecule has 1 aliphatic heterocycles. The number of anilines is 2. The van der Waals surface area contributed by atoms with Gasteiger partial charge in [0.15, 0.2) is 0 Å². The van der Waals surface area contributed by atoms with E-state index >= 15 is 0 Å². The summed E-state index contributed by atoms with van der Waals surface area (Å²) < 4.78 is 24.4. The number of hydrogen-bond donors (Lipinski definition) is 1. The van der Waals surface area contributed by atoms with Crippen LogP contribution in [0.15, 0.2) is 48.5 Å². The smallest absolute Gasteiger partial charge is 0.412 e. The monoisotopic (exact) mass is 330 g/mol. The number of nitrogens with zero attached hydrogens (tertiary/aromatic N) is 1. The largest absolute Gasteiger partial charge is 0.444 e. The average molecular weight is 330 g/mol. The number of halogens is 1. The predicted octanol–water partition coefficient (Wildman–Crippen LogP) is 3.41. The quantitative estimate of drug-likeness (QED) is 0.933. The number of nitrogens with one attached hydrogen (secondary N) is 1. The fraction of sp³-hybridized carbons (Fsp3) is 0.278. The van der Waals surface area contributed by atoms with Crippen LogP contribution in [0.25, 0.3) is 0 Å². The summed E-state index contributed by atoms with van der Waals surface area (Å²) in [6.45, 7) is 2.89. The highest BCUT2D eigenvalue weighted by Gasteiger charge is 2.14. The first-order valence-electron chi connectivity index (χ1n) is 7.82. The second kappa shape index (κ2) is 7.79. The molecule has 1 amide bonds. The third kappa shape index (κ3) is 4.23. The van der Waals surface area contributed by atoms with E-state index in [-0.39, 0.29) is 12.3 Å². The van der Waals surface area contributed by atoms with Crippen LogP contribution in [-0.2, 0) is 16.1 Å². The minimum atomic E-state index is -0.683. The lowest BCUT2D eigenvalue weighted by atomic mass is 10.2. The van der Waals surface area contributed by atoms with Crippen LogP contribution in [0.4, 0.5) is 20.6 Å². The van der Waals surface area contributed by atoms with Crippen molar-refractivity contribution in [3.63, 3.8) is 0 Å². The molecule has 24 heavy (non-hydrogen) atoms. The minimum absolute atomic E-state index is 0.108. The molecule has 0 aromatic heterocycles. The Morgan fingerprint density at radius 2 is 1.92 bits per heavy atom. The number of morpholine rings is 1. The molecule has 0 unspecified atom stereocenters. The lowest BCUT2D eigenvalue weighted by Crippen LogP contribution is -2.36. The van der Waals surface area contributed by atoms with E-state index in [0.29, 0.717) is 13.2 Å². The summed E-state index contributed by atoms with van der Waals surface area (Å²) in [5, 5.41) is 2.47. The molecule has 1 N–H and O–H groups in total. The van der Waals surface area contributed by atoms with E-state index in [1.807, 2.05) is 30.3 Å². The topological polar surface area (TPSA) is 50.8 Å². The molecule has 1 saturated heterocycles. The van der Waals surface area contributed by atoms with Crippen LogP contribution in [0, 0.1) is 5.82 Å². The molecule has 2 aromatic rings. The Morgan fingerprint density at radius 1 is 1.17 bits per heavy atom. The first kappa shape index (κ1) is 16.3. The molecule has 5 nitrogen and oxygen atoms in total. The molecule has 0 saturated carbocycles. The summed E-state index contributed by atoms with van der Waals surface area (Å²) in [6.07, 6.45) is -0.683. The number of rotatable bonds is 4. The van der Waals surface area contributed by atoms with E-state index in [0.717, 1.165) is 24.3 Å². The Labute approximate surface area is 140 Å². The fourth-order valence-electron chi connectivity index (χ4n) is 2.50. The zero-order valence-electron chi connectivity index (χ0n) is 13.2. The van der Waals surface area contributed by atoms with Gasteiger partial charge in [-0.3, -0.25) is 5.32 Å². The molecule has 2 aromatic carbocycles. The van der Waals surface area contributed by atoms with Crippen molar-refractivity contribution in [2.75, 3.05) is 36.5 Å². The number of carbonyl (C=O) groups excluding carboxylic acids is 1. The number of ether oxygens (including phenoxy) is 2. The molecule has 3 rings (SSSR count). The third-order valence-electron chi connectivity index (χ3n) is 3.78. The van der Waals surface area contributed by atoms with Crippen LogP contribution in [0.5, 0.6) is 0 Å². The van der Waals surface area contributed by atoms with Crippen LogP contribution in [0.1, 0.15) is 5.56 Å². The molecule has 0 radical (unpaired) electrons. The van der Waals surface area contributed by atoms with Crippen LogP contribution in [0.2, 0.25) is 0 Å². The van der Waals surface area contributed by atoms with Gasteiger partial charge in [0.2, 0.25) is 0 Å². The van der Waals surface area contributed by atoms with Gasteiger partial charge in [0.05, 0.1) is 18.9 Å². The van der Waals surface area contributed by atoms with Crippen LogP contribution < -0.4 is 10.2 Å². The van der Waals surface area contributed by atoms with Crippen molar-refractivity contribution in [3.05, 3.63) is 59.9 Å². The number of carbonyl (C=O) groups is 1. The van der Waals surface area contributed by atoms with E-state index in [4.69, 9.17) is 9.47 Å². The van der Waals surface area contributed by atoms with Crippen molar-refractivity contribution in [1.82, 2.24) is 0 Å².